The summed E-state index contributed by atoms with van der Waals surface area (Å²) in [7, 11) is 0. The first-order valence-electron chi connectivity index (χ1n) is 10.8. The standard InChI is InChI=1S/C21H41F3O2/c1-2-3-4-5-9-12-15-18-26-19-16-13-10-7-6-8-11-14-17-20(25)21(22,23)24/h20,25H,2-19H2,1H3. The van der Waals surface area contributed by atoms with Crippen LogP contribution in [-0.2, 0) is 4.74 Å². The molecule has 1 unspecified atom stereocenters. The Morgan fingerprint density at radius 1 is 0.654 bits per heavy atom. The van der Waals surface area contributed by atoms with Crippen LogP contribution in [0.4, 0.5) is 13.2 Å². The molecule has 158 valence electrons. The van der Waals surface area contributed by atoms with Gasteiger partial charge in [-0.25, -0.2) is 0 Å². The fourth-order valence-corrected chi connectivity index (χ4v) is 3.03. The minimum atomic E-state index is -4.46. The highest BCUT2D eigenvalue weighted by molar-refractivity contribution is 4.64. The molecule has 26 heavy (non-hydrogen) atoms. The SMILES string of the molecule is CCCCCCCCCOCCCCCCCCCCC(O)C(F)(F)F. The average molecular weight is 383 g/mol. The highest BCUT2D eigenvalue weighted by Crippen LogP contribution is 2.24. The third-order valence-corrected chi connectivity index (χ3v) is 4.79. The number of rotatable bonds is 19. The second-order valence-electron chi connectivity index (χ2n) is 7.41. The molecule has 0 bridgehead atoms. The van der Waals surface area contributed by atoms with Crippen LogP contribution in [0.5, 0.6) is 0 Å². The maximum atomic E-state index is 12.1. The summed E-state index contributed by atoms with van der Waals surface area (Å²) in [4.78, 5) is 0. The maximum absolute atomic E-state index is 12.1. The summed E-state index contributed by atoms with van der Waals surface area (Å²) in [6.45, 7) is 3.98. The van der Waals surface area contributed by atoms with Crippen molar-refractivity contribution >= 4 is 0 Å². The number of hydrogen-bond acceptors (Lipinski definition) is 2. The number of unbranched alkanes of at least 4 members (excludes halogenated alkanes) is 13. The van der Waals surface area contributed by atoms with E-state index in [0.717, 1.165) is 45.3 Å². The number of aliphatic hydroxyl groups excluding tert-OH is 1. The second-order valence-corrected chi connectivity index (χ2v) is 7.41. The molecule has 0 aliphatic carbocycles. The monoisotopic (exact) mass is 382 g/mol. The zero-order chi connectivity index (χ0) is 19.5. The number of halogens is 3. The van der Waals surface area contributed by atoms with E-state index >= 15 is 0 Å². The summed E-state index contributed by atoms with van der Waals surface area (Å²) < 4.78 is 42.0. The number of ether oxygens (including phenoxy) is 1. The summed E-state index contributed by atoms with van der Waals surface area (Å²) in [6, 6.07) is 0. The lowest BCUT2D eigenvalue weighted by Crippen LogP contribution is -2.28. The van der Waals surface area contributed by atoms with Crippen LogP contribution in [-0.4, -0.2) is 30.6 Å². The van der Waals surface area contributed by atoms with Gasteiger partial charge in [0.1, 0.15) is 6.10 Å². The van der Waals surface area contributed by atoms with E-state index in [1.165, 1.54) is 57.8 Å². The van der Waals surface area contributed by atoms with Crippen molar-refractivity contribution in [1.29, 1.82) is 0 Å². The minimum Gasteiger partial charge on any atom is -0.384 e. The van der Waals surface area contributed by atoms with E-state index in [0.29, 0.717) is 6.42 Å². The molecule has 0 aliphatic rings. The van der Waals surface area contributed by atoms with Gasteiger partial charge in [-0.2, -0.15) is 13.2 Å². The maximum Gasteiger partial charge on any atom is 0.414 e. The smallest absolute Gasteiger partial charge is 0.384 e. The van der Waals surface area contributed by atoms with Gasteiger partial charge < -0.3 is 9.84 Å². The Balaban J connectivity index is 3.09. The molecule has 2 nitrogen and oxygen atoms in total. The van der Waals surface area contributed by atoms with Gasteiger partial charge in [0.25, 0.3) is 0 Å². The van der Waals surface area contributed by atoms with Gasteiger partial charge in [0.15, 0.2) is 0 Å². The second kappa shape index (κ2) is 18.1. The van der Waals surface area contributed by atoms with Gasteiger partial charge in [-0.15, -0.1) is 0 Å². The fourth-order valence-electron chi connectivity index (χ4n) is 3.03. The van der Waals surface area contributed by atoms with Gasteiger partial charge in [0.2, 0.25) is 0 Å². The molecule has 0 aromatic carbocycles. The van der Waals surface area contributed by atoms with Crippen molar-refractivity contribution in [3.8, 4) is 0 Å². The zero-order valence-electron chi connectivity index (χ0n) is 16.8. The van der Waals surface area contributed by atoms with E-state index in [1.54, 1.807) is 0 Å². The molecule has 0 rings (SSSR count). The van der Waals surface area contributed by atoms with Crippen molar-refractivity contribution in [3.05, 3.63) is 0 Å². The quantitative estimate of drug-likeness (QED) is 0.240. The topological polar surface area (TPSA) is 29.5 Å². The van der Waals surface area contributed by atoms with Crippen LogP contribution in [0, 0.1) is 0 Å². The summed E-state index contributed by atoms with van der Waals surface area (Å²) in [5, 5.41) is 8.88. The van der Waals surface area contributed by atoms with Crippen LogP contribution in [0.15, 0.2) is 0 Å². The zero-order valence-corrected chi connectivity index (χ0v) is 16.8. The predicted octanol–water partition coefficient (Wildman–Crippen LogP) is 7.19. The summed E-state index contributed by atoms with van der Waals surface area (Å²) in [5.41, 5.74) is 0. The third-order valence-electron chi connectivity index (χ3n) is 4.79. The molecule has 1 atom stereocenters. The van der Waals surface area contributed by atoms with Crippen molar-refractivity contribution in [1.82, 2.24) is 0 Å². The Hall–Kier alpha value is -0.290. The normalized spacial score (nSPS) is 13.3. The van der Waals surface area contributed by atoms with E-state index in [9.17, 15) is 13.2 Å². The van der Waals surface area contributed by atoms with E-state index in [1.807, 2.05) is 0 Å². The summed E-state index contributed by atoms with van der Waals surface area (Å²) in [6.07, 6.45) is 10.2. The van der Waals surface area contributed by atoms with Gasteiger partial charge in [-0.1, -0.05) is 90.4 Å². The Labute approximate surface area is 158 Å². The Morgan fingerprint density at radius 3 is 1.46 bits per heavy atom. The molecule has 0 amide bonds. The van der Waals surface area contributed by atoms with Crippen LogP contribution in [0.1, 0.15) is 110 Å². The van der Waals surface area contributed by atoms with Crippen molar-refractivity contribution in [2.75, 3.05) is 13.2 Å². The molecule has 0 aliphatic heterocycles. The molecule has 0 fully saturated rings. The van der Waals surface area contributed by atoms with Crippen LogP contribution in [0.3, 0.4) is 0 Å². The molecule has 0 saturated carbocycles. The molecule has 1 N–H and O–H groups in total. The number of aliphatic hydroxyl groups is 1. The first-order valence-corrected chi connectivity index (χ1v) is 10.8. The summed E-state index contributed by atoms with van der Waals surface area (Å²) >= 11 is 0. The van der Waals surface area contributed by atoms with Gasteiger partial charge >= 0.3 is 6.18 Å². The van der Waals surface area contributed by atoms with Gasteiger partial charge in [0, 0.05) is 13.2 Å². The lowest BCUT2D eigenvalue weighted by atomic mass is 10.1. The minimum absolute atomic E-state index is 0.167. The van der Waals surface area contributed by atoms with Gasteiger partial charge in [-0.05, 0) is 19.3 Å². The van der Waals surface area contributed by atoms with E-state index in [2.05, 4.69) is 6.92 Å². The van der Waals surface area contributed by atoms with Crippen LogP contribution in [0.2, 0.25) is 0 Å². The lowest BCUT2D eigenvalue weighted by Gasteiger charge is -2.13. The van der Waals surface area contributed by atoms with Crippen LogP contribution in [0.25, 0.3) is 0 Å². The molecule has 0 heterocycles. The number of hydrogen-bond donors (Lipinski definition) is 1. The van der Waals surface area contributed by atoms with E-state index in [-0.39, 0.29) is 6.42 Å². The van der Waals surface area contributed by atoms with Crippen LogP contribution >= 0.6 is 0 Å². The Morgan fingerprint density at radius 2 is 1.04 bits per heavy atom. The predicted molar refractivity (Wildman–Crippen MR) is 102 cm³/mol. The van der Waals surface area contributed by atoms with Crippen molar-refractivity contribution < 1.29 is 23.0 Å². The largest absolute Gasteiger partial charge is 0.414 e. The van der Waals surface area contributed by atoms with E-state index < -0.39 is 12.3 Å². The Kier molecular flexibility index (Phi) is 17.9. The van der Waals surface area contributed by atoms with Crippen LogP contribution < -0.4 is 0 Å². The van der Waals surface area contributed by atoms with Crippen molar-refractivity contribution in [3.63, 3.8) is 0 Å². The van der Waals surface area contributed by atoms with Crippen molar-refractivity contribution in [2.45, 2.75) is 122 Å². The molecular weight excluding hydrogens is 341 g/mol. The first kappa shape index (κ1) is 25.7. The molecule has 0 spiro atoms. The highest BCUT2D eigenvalue weighted by Gasteiger charge is 2.37. The fraction of sp³-hybridized carbons (Fsp3) is 1.00. The molecular formula is C21H41F3O2. The lowest BCUT2D eigenvalue weighted by molar-refractivity contribution is -0.205. The molecule has 0 saturated heterocycles. The van der Waals surface area contributed by atoms with Gasteiger partial charge in [0.05, 0.1) is 0 Å². The summed E-state index contributed by atoms with van der Waals surface area (Å²) in [5.74, 6) is 0. The molecule has 0 aromatic rings. The molecule has 5 heteroatoms. The third kappa shape index (κ3) is 18.5. The van der Waals surface area contributed by atoms with Crippen molar-refractivity contribution in [2.24, 2.45) is 0 Å². The highest BCUT2D eigenvalue weighted by atomic mass is 19.4. The first-order chi connectivity index (χ1) is 12.5. The van der Waals surface area contributed by atoms with E-state index in [4.69, 9.17) is 9.84 Å². The average Bonchev–Trinajstić information content (AvgIpc) is 2.59. The molecule has 0 aromatic heterocycles. The molecule has 0 radical (unpaired) electrons. The number of alkyl halides is 3. The van der Waals surface area contributed by atoms with Gasteiger partial charge in [-0.3, -0.25) is 0 Å². The Bertz CT molecular complexity index is 283.